The molecule has 4 rings (SSSR count). The molecule has 3 aromatic rings. The van der Waals surface area contributed by atoms with Crippen molar-refractivity contribution in [1.29, 1.82) is 0 Å². The Bertz CT molecular complexity index is 1000. The average molecular weight is 402 g/mol. The Hall–Kier alpha value is -2.67. The Morgan fingerprint density at radius 1 is 1.39 bits per heavy atom. The Labute approximate surface area is 167 Å². The molecular weight excluding hydrogens is 381 g/mol. The molecule has 1 N–H and O–H groups in total. The van der Waals surface area contributed by atoms with Gasteiger partial charge >= 0.3 is 0 Å². The number of hydrogen-bond acceptors (Lipinski definition) is 4. The smallest absolute Gasteiger partial charge is 0.227 e. The van der Waals surface area contributed by atoms with E-state index in [2.05, 4.69) is 19.9 Å². The molecule has 28 heavy (non-hydrogen) atoms. The fourth-order valence-electron chi connectivity index (χ4n) is 3.87. The van der Waals surface area contributed by atoms with Crippen molar-refractivity contribution in [3.05, 3.63) is 52.9 Å². The maximum absolute atomic E-state index is 13.6. The molecule has 0 radical (unpaired) electrons. The molecule has 1 atom stereocenters. The number of aromatic nitrogens is 3. The average Bonchev–Trinajstić information content (AvgIpc) is 3.06. The van der Waals surface area contributed by atoms with Gasteiger partial charge in [0, 0.05) is 31.4 Å². The number of hydrogen-bond donors (Lipinski definition) is 1. The third kappa shape index (κ3) is 3.67. The zero-order chi connectivity index (χ0) is 19.7. The Morgan fingerprint density at radius 2 is 2.25 bits per heavy atom. The molecule has 1 aliphatic rings. The lowest BCUT2D eigenvalue weighted by molar-refractivity contribution is -0.132. The van der Waals surface area contributed by atoms with Crippen LogP contribution < -0.4 is 5.32 Å². The van der Waals surface area contributed by atoms with Gasteiger partial charge in [-0.15, -0.1) is 0 Å². The van der Waals surface area contributed by atoms with Crippen LogP contribution in [0.1, 0.15) is 24.4 Å². The molecule has 1 fully saturated rings. The van der Waals surface area contributed by atoms with E-state index in [1.54, 1.807) is 12.3 Å². The normalized spacial score (nSPS) is 17.1. The SMILES string of the molecule is CNc1nc2ncccc2n1[C@H]1CCCN(C(=O)Cc2cc(F)cc(Cl)c2)C1. The second kappa shape index (κ2) is 7.75. The largest absolute Gasteiger partial charge is 0.359 e. The summed E-state index contributed by atoms with van der Waals surface area (Å²) in [5.41, 5.74) is 2.22. The topological polar surface area (TPSA) is 63.1 Å². The van der Waals surface area contributed by atoms with E-state index in [9.17, 15) is 9.18 Å². The van der Waals surface area contributed by atoms with E-state index in [1.165, 1.54) is 12.1 Å². The summed E-state index contributed by atoms with van der Waals surface area (Å²) in [6, 6.07) is 8.22. The molecule has 0 saturated carbocycles. The third-order valence-corrected chi connectivity index (χ3v) is 5.30. The molecule has 0 spiro atoms. The number of imidazole rings is 1. The number of nitrogens with one attached hydrogen (secondary N) is 1. The molecule has 0 unspecified atom stereocenters. The number of benzene rings is 1. The third-order valence-electron chi connectivity index (χ3n) is 5.08. The van der Waals surface area contributed by atoms with Gasteiger partial charge in [0.05, 0.1) is 18.0 Å². The lowest BCUT2D eigenvalue weighted by Gasteiger charge is -2.34. The van der Waals surface area contributed by atoms with Crippen LogP contribution in [0.3, 0.4) is 0 Å². The van der Waals surface area contributed by atoms with Crippen molar-refractivity contribution in [2.45, 2.75) is 25.3 Å². The number of anilines is 1. The highest BCUT2D eigenvalue weighted by Gasteiger charge is 2.27. The summed E-state index contributed by atoms with van der Waals surface area (Å²) in [6.07, 6.45) is 3.70. The van der Waals surface area contributed by atoms with E-state index >= 15 is 0 Å². The Kier molecular flexibility index (Phi) is 5.17. The van der Waals surface area contributed by atoms with Crippen LogP contribution in [0.2, 0.25) is 5.02 Å². The molecule has 1 aliphatic heterocycles. The van der Waals surface area contributed by atoms with Gasteiger partial charge in [0.1, 0.15) is 5.82 Å². The van der Waals surface area contributed by atoms with Crippen LogP contribution in [0.15, 0.2) is 36.5 Å². The monoisotopic (exact) mass is 401 g/mol. The van der Waals surface area contributed by atoms with Crippen LogP contribution in [-0.2, 0) is 11.2 Å². The molecular formula is C20H21ClFN5O. The number of nitrogens with zero attached hydrogens (tertiary/aromatic N) is 4. The van der Waals surface area contributed by atoms with Crippen LogP contribution in [0.25, 0.3) is 11.2 Å². The minimum Gasteiger partial charge on any atom is -0.359 e. The summed E-state index contributed by atoms with van der Waals surface area (Å²) in [6.45, 7) is 1.27. The van der Waals surface area contributed by atoms with E-state index < -0.39 is 5.82 Å². The van der Waals surface area contributed by atoms with Crippen LogP contribution in [-0.4, -0.2) is 45.5 Å². The highest BCUT2D eigenvalue weighted by molar-refractivity contribution is 6.30. The van der Waals surface area contributed by atoms with Crippen molar-refractivity contribution in [1.82, 2.24) is 19.4 Å². The number of piperidine rings is 1. The number of carbonyl (C=O) groups excluding carboxylic acids is 1. The molecule has 1 aromatic carbocycles. The fourth-order valence-corrected chi connectivity index (χ4v) is 4.11. The standard InChI is InChI=1S/C20H21ClFN5O/c1-23-20-25-19-17(5-2-6-24-19)27(20)16-4-3-7-26(12-16)18(28)10-13-8-14(21)11-15(22)9-13/h2,5-6,8-9,11,16H,3-4,7,10,12H2,1H3,(H,23,24,25)/t16-/m0/s1. The summed E-state index contributed by atoms with van der Waals surface area (Å²) < 4.78 is 15.7. The molecule has 1 amide bonds. The zero-order valence-electron chi connectivity index (χ0n) is 15.5. The van der Waals surface area contributed by atoms with Gasteiger partial charge in [0.2, 0.25) is 11.9 Å². The molecule has 6 nitrogen and oxygen atoms in total. The van der Waals surface area contributed by atoms with E-state index in [0.717, 1.165) is 24.3 Å². The van der Waals surface area contributed by atoms with Gasteiger partial charge in [-0.2, -0.15) is 4.98 Å². The minimum absolute atomic E-state index is 0.0279. The van der Waals surface area contributed by atoms with Crippen molar-refractivity contribution in [2.75, 3.05) is 25.5 Å². The first-order valence-electron chi connectivity index (χ1n) is 9.28. The van der Waals surface area contributed by atoms with Crippen molar-refractivity contribution in [2.24, 2.45) is 0 Å². The summed E-state index contributed by atoms with van der Waals surface area (Å²) in [5, 5.41) is 3.43. The van der Waals surface area contributed by atoms with E-state index in [0.29, 0.717) is 29.3 Å². The lowest BCUT2D eigenvalue weighted by atomic mass is 10.0. The maximum atomic E-state index is 13.6. The fraction of sp³-hybridized carbons (Fsp3) is 0.350. The van der Waals surface area contributed by atoms with E-state index in [1.807, 2.05) is 24.1 Å². The number of fused-ring (bicyclic) bond motifs is 1. The van der Waals surface area contributed by atoms with Crippen molar-refractivity contribution >= 4 is 34.6 Å². The zero-order valence-corrected chi connectivity index (χ0v) is 16.3. The second-order valence-corrected chi connectivity index (χ2v) is 7.43. The number of likely N-dealkylation sites (tertiary alicyclic amines) is 1. The molecule has 146 valence electrons. The van der Waals surface area contributed by atoms with E-state index in [4.69, 9.17) is 11.6 Å². The van der Waals surface area contributed by atoms with Crippen LogP contribution in [0, 0.1) is 5.82 Å². The van der Waals surface area contributed by atoms with Crippen LogP contribution in [0.5, 0.6) is 0 Å². The predicted molar refractivity (Wildman–Crippen MR) is 107 cm³/mol. The number of carbonyl (C=O) groups is 1. The van der Waals surface area contributed by atoms with Crippen molar-refractivity contribution in [3.63, 3.8) is 0 Å². The van der Waals surface area contributed by atoms with E-state index in [-0.39, 0.29) is 18.4 Å². The molecule has 1 saturated heterocycles. The molecule has 2 aromatic heterocycles. The maximum Gasteiger partial charge on any atom is 0.227 e. The van der Waals surface area contributed by atoms with Gasteiger partial charge in [0.15, 0.2) is 5.65 Å². The van der Waals surface area contributed by atoms with Gasteiger partial charge in [-0.25, -0.2) is 9.37 Å². The van der Waals surface area contributed by atoms with Gasteiger partial charge in [-0.05, 0) is 48.7 Å². The highest BCUT2D eigenvalue weighted by atomic mass is 35.5. The molecule has 0 aliphatic carbocycles. The van der Waals surface area contributed by atoms with Gasteiger partial charge in [-0.1, -0.05) is 11.6 Å². The van der Waals surface area contributed by atoms with Crippen LogP contribution >= 0.6 is 11.6 Å². The first-order valence-corrected chi connectivity index (χ1v) is 9.66. The van der Waals surface area contributed by atoms with Gasteiger partial charge in [0.25, 0.3) is 0 Å². The summed E-state index contributed by atoms with van der Waals surface area (Å²) in [7, 11) is 1.83. The number of halogens is 2. The van der Waals surface area contributed by atoms with Crippen LogP contribution in [0.4, 0.5) is 10.3 Å². The Balaban J connectivity index is 1.55. The molecule has 3 heterocycles. The number of pyridine rings is 1. The molecule has 8 heteroatoms. The highest BCUT2D eigenvalue weighted by Crippen LogP contribution is 2.29. The van der Waals surface area contributed by atoms with Gasteiger partial charge in [-0.3, -0.25) is 4.79 Å². The second-order valence-electron chi connectivity index (χ2n) is 6.99. The molecule has 0 bridgehead atoms. The Morgan fingerprint density at radius 3 is 3.04 bits per heavy atom. The first kappa shape index (κ1) is 18.7. The summed E-state index contributed by atoms with van der Waals surface area (Å²) >= 11 is 5.91. The number of amides is 1. The minimum atomic E-state index is -0.428. The quantitative estimate of drug-likeness (QED) is 0.724. The summed E-state index contributed by atoms with van der Waals surface area (Å²) in [4.78, 5) is 23.5. The number of rotatable bonds is 4. The van der Waals surface area contributed by atoms with Crippen molar-refractivity contribution in [3.8, 4) is 0 Å². The van der Waals surface area contributed by atoms with Gasteiger partial charge < -0.3 is 14.8 Å². The van der Waals surface area contributed by atoms with Crippen molar-refractivity contribution < 1.29 is 9.18 Å². The summed E-state index contributed by atoms with van der Waals surface area (Å²) in [5.74, 6) is 0.285. The predicted octanol–water partition coefficient (Wildman–Crippen LogP) is 3.67. The lowest BCUT2D eigenvalue weighted by Crippen LogP contribution is -2.41. The first-order chi connectivity index (χ1) is 13.5.